The van der Waals surface area contributed by atoms with Gasteiger partial charge in [0.15, 0.2) is 0 Å². The van der Waals surface area contributed by atoms with Crippen LogP contribution in [0.4, 0.5) is 0 Å². The second kappa shape index (κ2) is 6.57. The molecule has 114 valence electrons. The number of hydrogen-bond acceptors (Lipinski definition) is 3. The van der Waals surface area contributed by atoms with Crippen molar-refractivity contribution in [2.45, 2.75) is 52.1 Å². The van der Waals surface area contributed by atoms with Crippen molar-refractivity contribution < 1.29 is 14.3 Å². The molecular formula is C15H26N2O3. The predicted octanol–water partition coefficient (Wildman–Crippen LogP) is 1.27. The lowest BCUT2D eigenvalue weighted by atomic mass is 10.0. The van der Waals surface area contributed by atoms with E-state index in [0.29, 0.717) is 32.1 Å². The number of nitrogens with zero attached hydrogens (tertiary/aromatic N) is 2. The first kappa shape index (κ1) is 15.3. The topological polar surface area (TPSA) is 49.9 Å². The van der Waals surface area contributed by atoms with E-state index < -0.39 is 0 Å². The van der Waals surface area contributed by atoms with E-state index in [2.05, 4.69) is 13.8 Å². The van der Waals surface area contributed by atoms with Crippen molar-refractivity contribution in [1.82, 2.24) is 9.80 Å². The maximum atomic E-state index is 12.8. The van der Waals surface area contributed by atoms with Crippen LogP contribution in [0.15, 0.2) is 0 Å². The number of carbonyl (C=O) groups is 2. The van der Waals surface area contributed by atoms with Crippen LogP contribution in [0.3, 0.4) is 0 Å². The van der Waals surface area contributed by atoms with Crippen LogP contribution in [0.25, 0.3) is 0 Å². The van der Waals surface area contributed by atoms with Crippen molar-refractivity contribution in [3.8, 4) is 0 Å². The number of rotatable bonds is 5. The van der Waals surface area contributed by atoms with Gasteiger partial charge < -0.3 is 14.5 Å². The fourth-order valence-corrected chi connectivity index (χ4v) is 3.19. The molecule has 0 aliphatic carbocycles. The molecule has 0 aromatic rings. The van der Waals surface area contributed by atoms with Crippen molar-refractivity contribution in [2.75, 3.05) is 26.3 Å². The lowest BCUT2D eigenvalue weighted by Gasteiger charge is -2.35. The summed E-state index contributed by atoms with van der Waals surface area (Å²) < 4.78 is 5.55. The van der Waals surface area contributed by atoms with Gasteiger partial charge in [0, 0.05) is 26.1 Å². The minimum Gasteiger partial charge on any atom is -0.380 e. The SMILES string of the molecule is CCOCC(C(C)C)N1CCC(=O)N2CCCC2C1=O. The number of hydrogen-bond donors (Lipinski definition) is 0. The highest BCUT2D eigenvalue weighted by atomic mass is 16.5. The van der Waals surface area contributed by atoms with Crippen LogP contribution in [-0.4, -0.2) is 60.0 Å². The Morgan fingerprint density at radius 1 is 1.30 bits per heavy atom. The quantitative estimate of drug-likeness (QED) is 0.763. The smallest absolute Gasteiger partial charge is 0.245 e. The van der Waals surface area contributed by atoms with Crippen molar-refractivity contribution in [1.29, 1.82) is 0 Å². The van der Waals surface area contributed by atoms with Gasteiger partial charge in [-0.2, -0.15) is 0 Å². The minimum absolute atomic E-state index is 0.0656. The second-order valence-corrected chi connectivity index (χ2v) is 6.00. The zero-order valence-electron chi connectivity index (χ0n) is 12.8. The summed E-state index contributed by atoms with van der Waals surface area (Å²) in [6.07, 6.45) is 2.19. The second-order valence-electron chi connectivity index (χ2n) is 6.00. The van der Waals surface area contributed by atoms with Crippen molar-refractivity contribution in [3.63, 3.8) is 0 Å². The van der Waals surface area contributed by atoms with Gasteiger partial charge in [0.25, 0.3) is 0 Å². The molecule has 0 N–H and O–H groups in total. The molecule has 20 heavy (non-hydrogen) atoms. The van der Waals surface area contributed by atoms with Crippen LogP contribution < -0.4 is 0 Å². The van der Waals surface area contributed by atoms with Crippen LogP contribution in [-0.2, 0) is 14.3 Å². The summed E-state index contributed by atoms with van der Waals surface area (Å²) in [5.41, 5.74) is 0. The molecule has 0 radical (unpaired) electrons. The van der Waals surface area contributed by atoms with Gasteiger partial charge in [0.05, 0.1) is 12.6 Å². The molecule has 2 aliphatic heterocycles. The number of amides is 2. The number of fused-ring (bicyclic) bond motifs is 1. The van der Waals surface area contributed by atoms with E-state index in [1.165, 1.54) is 0 Å². The molecule has 2 unspecified atom stereocenters. The van der Waals surface area contributed by atoms with Crippen molar-refractivity contribution >= 4 is 11.8 Å². The monoisotopic (exact) mass is 282 g/mol. The van der Waals surface area contributed by atoms with Gasteiger partial charge in [-0.25, -0.2) is 0 Å². The predicted molar refractivity (Wildman–Crippen MR) is 76.2 cm³/mol. The molecule has 2 amide bonds. The Hall–Kier alpha value is -1.10. The summed E-state index contributed by atoms with van der Waals surface area (Å²) in [6, 6.07) is -0.163. The standard InChI is InChI=1S/C15H26N2O3/c1-4-20-10-13(11(2)3)17-9-7-14(18)16-8-5-6-12(16)15(17)19/h11-13H,4-10H2,1-3H3. The van der Waals surface area contributed by atoms with Gasteiger partial charge >= 0.3 is 0 Å². The van der Waals surface area contributed by atoms with E-state index in [-0.39, 0.29) is 23.9 Å². The van der Waals surface area contributed by atoms with Gasteiger partial charge in [0.1, 0.15) is 6.04 Å². The Bertz CT molecular complexity index is 370. The van der Waals surface area contributed by atoms with Gasteiger partial charge in [-0.1, -0.05) is 13.8 Å². The normalized spacial score (nSPS) is 25.1. The summed E-state index contributed by atoms with van der Waals surface area (Å²) in [7, 11) is 0. The minimum atomic E-state index is -0.229. The lowest BCUT2D eigenvalue weighted by molar-refractivity contribution is -0.142. The molecule has 2 aliphatic rings. The van der Waals surface area contributed by atoms with Gasteiger partial charge in [-0.05, 0) is 25.7 Å². The molecule has 0 bridgehead atoms. The largest absolute Gasteiger partial charge is 0.380 e. The van der Waals surface area contributed by atoms with Gasteiger partial charge in [0.2, 0.25) is 11.8 Å². The third-order valence-electron chi connectivity index (χ3n) is 4.37. The van der Waals surface area contributed by atoms with E-state index in [9.17, 15) is 9.59 Å². The third-order valence-corrected chi connectivity index (χ3v) is 4.37. The Labute approximate surface area is 121 Å². The molecule has 2 rings (SSSR count). The molecule has 2 heterocycles. The average Bonchev–Trinajstić information content (AvgIpc) is 2.86. The Morgan fingerprint density at radius 2 is 2.05 bits per heavy atom. The fraction of sp³-hybridized carbons (Fsp3) is 0.867. The van der Waals surface area contributed by atoms with E-state index in [1.807, 2.05) is 11.8 Å². The molecule has 5 nitrogen and oxygen atoms in total. The van der Waals surface area contributed by atoms with E-state index in [0.717, 1.165) is 19.4 Å². The summed E-state index contributed by atoms with van der Waals surface area (Å²) >= 11 is 0. The summed E-state index contributed by atoms with van der Waals surface area (Å²) in [5.74, 6) is 0.572. The molecular weight excluding hydrogens is 256 g/mol. The van der Waals surface area contributed by atoms with E-state index in [1.54, 1.807) is 4.90 Å². The van der Waals surface area contributed by atoms with Crippen LogP contribution in [0.1, 0.15) is 40.0 Å². The molecule has 2 saturated heterocycles. The highest BCUT2D eigenvalue weighted by molar-refractivity contribution is 5.90. The Balaban J connectivity index is 2.16. The molecule has 0 aromatic heterocycles. The Morgan fingerprint density at radius 3 is 2.70 bits per heavy atom. The van der Waals surface area contributed by atoms with Crippen LogP contribution in [0.2, 0.25) is 0 Å². The summed E-state index contributed by atoms with van der Waals surface area (Å²) in [4.78, 5) is 28.5. The number of carbonyl (C=O) groups excluding carboxylic acids is 2. The molecule has 0 spiro atoms. The summed E-state index contributed by atoms with van der Waals surface area (Å²) in [6.45, 7) is 8.65. The van der Waals surface area contributed by atoms with Crippen LogP contribution >= 0.6 is 0 Å². The molecule has 0 saturated carbocycles. The fourth-order valence-electron chi connectivity index (χ4n) is 3.19. The van der Waals surface area contributed by atoms with Gasteiger partial charge in [-0.3, -0.25) is 9.59 Å². The molecule has 0 aromatic carbocycles. The van der Waals surface area contributed by atoms with Crippen LogP contribution in [0, 0.1) is 5.92 Å². The first-order chi connectivity index (χ1) is 9.56. The lowest BCUT2D eigenvalue weighted by Crippen LogP contribution is -2.51. The maximum Gasteiger partial charge on any atom is 0.245 e. The highest BCUT2D eigenvalue weighted by Gasteiger charge is 2.41. The first-order valence-electron chi connectivity index (χ1n) is 7.74. The van der Waals surface area contributed by atoms with Crippen molar-refractivity contribution in [3.05, 3.63) is 0 Å². The average molecular weight is 282 g/mol. The van der Waals surface area contributed by atoms with Crippen LogP contribution in [0.5, 0.6) is 0 Å². The third kappa shape index (κ3) is 2.97. The Kier molecular flexibility index (Phi) is 5.02. The molecule has 2 fully saturated rings. The van der Waals surface area contributed by atoms with Gasteiger partial charge in [-0.15, -0.1) is 0 Å². The molecule has 5 heteroatoms. The van der Waals surface area contributed by atoms with E-state index in [4.69, 9.17) is 4.74 Å². The summed E-state index contributed by atoms with van der Waals surface area (Å²) in [5, 5.41) is 0. The zero-order chi connectivity index (χ0) is 14.7. The van der Waals surface area contributed by atoms with Crippen molar-refractivity contribution in [2.24, 2.45) is 5.92 Å². The first-order valence-corrected chi connectivity index (χ1v) is 7.74. The maximum absolute atomic E-state index is 12.8. The molecule has 2 atom stereocenters. The number of ether oxygens (including phenoxy) is 1. The highest BCUT2D eigenvalue weighted by Crippen LogP contribution is 2.26. The van der Waals surface area contributed by atoms with E-state index >= 15 is 0 Å². The zero-order valence-corrected chi connectivity index (χ0v) is 12.8.